The van der Waals surface area contributed by atoms with Crippen LogP contribution in [0.1, 0.15) is 96.8 Å². The standard InChI is InChI=1S/C26H45NO6/c1-2-3-4-5-6-7-8-9-10-11-12-13-14-15-16-17-21-32-25(30)23-24(18-19-28)27-26(31)33-22-20-29/h6-7,9-10,19,24,29H,2-5,8,11-18,20-23H2,1H3,(H,27,31)/b7-6-,10-9-. The third kappa shape index (κ3) is 22.8. The van der Waals surface area contributed by atoms with Crippen LogP contribution in [0, 0.1) is 0 Å². The molecule has 7 nitrogen and oxygen atoms in total. The van der Waals surface area contributed by atoms with Gasteiger partial charge in [-0.1, -0.05) is 69.8 Å². The smallest absolute Gasteiger partial charge is 0.407 e. The number of esters is 1. The van der Waals surface area contributed by atoms with E-state index in [1.807, 2.05) is 0 Å². The molecule has 0 aromatic heterocycles. The number of hydrogen-bond donors (Lipinski definition) is 2. The van der Waals surface area contributed by atoms with Crippen molar-refractivity contribution in [1.29, 1.82) is 0 Å². The van der Waals surface area contributed by atoms with Crippen LogP contribution in [-0.4, -0.2) is 49.3 Å². The van der Waals surface area contributed by atoms with Gasteiger partial charge >= 0.3 is 12.1 Å². The number of carbonyl (C=O) groups excluding carboxylic acids is 3. The van der Waals surface area contributed by atoms with Crippen molar-refractivity contribution in [2.45, 2.75) is 103 Å². The zero-order valence-corrected chi connectivity index (χ0v) is 20.5. The quantitative estimate of drug-likeness (QED) is 0.0955. The molecule has 0 radical (unpaired) electrons. The molecule has 0 aliphatic rings. The van der Waals surface area contributed by atoms with Gasteiger partial charge in [-0.25, -0.2) is 4.79 Å². The number of unbranched alkanes of at least 4 members (excludes halogenated alkanes) is 9. The summed E-state index contributed by atoms with van der Waals surface area (Å²) in [6.07, 6.45) is 22.6. The van der Waals surface area contributed by atoms with Gasteiger partial charge in [-0.2, -0.15) is 0 Å². The molecule has 0 rings (SSSR count). The monoisotopic (exact) mass is 467 g/mol. The van der Waals surface area contributed by atoms with Gasteiger partial charge in [-0.3, -0.25) is 4.79 Å². The third-order valence-corrected chi connectivity index (χ3v) is 5.05. The van der Waals surface area contributed by atoms with E-state index in [9.17, 15) is 14.4 Å². The number of ether oxygens (including phenoxy) is 2. The molecule has 190 valence electrons. The summed E-state index contributed by atoms with van der Waals surface area (Å²) in [7, 11) is 0. The minimum Gasteiger partial charge on any atom is -0.466 e. The summed E-state index contributed by atoms with van der Waals surface area (Å²) < 4.78 is 9.87. The van der Waals surface area contributed by atoms with E-state index in [0.29, 0.717) is 12.9 Å². The minimum absolute atomic E-state index is 0.00569. The van der Waals surface area contributed by atoms with Gasteiger partial charge in [0.25, 0.3) is 0 Å². The van der Waals surface area contributed by atoms with Crippen molar-refractivity contribution in [3.63, 3.8) is 0 Å². The predicted molar refractivity (Wildman–Crippen MR) is 131 cm³/mol. The lowest BCUT2D eigenvalue weighted by Gasteiger charge is -2.15. The fourth-order valence-corrected chi connectivity index (χ4v) is 3.19. The molecule has 0 spiro atoms. The summed E-state index contributed by atoms with van der Waals surface area (Å²) >= 11 is 0. The van der Waals surface area contributed by atoms with Crippen molar-refractivity contribution in [1.82, 2.24) is 5.32 Å². The van der Waals surface area contributed by atoms with Crippen LogP contribution in [0.4, 0.5) is 4.79 Å². The SMILES string of the molecule is CCCCC/C=C\C/C=C\CCCCCCCCOC(=O)CC(CC=O)NC(=O)OCCO. The zero-order chi connectivity index (χ0) is 24.4. The maximum absolute atomic E-state index is 11.9. The molecule has 0 aromatic rings. The fourth-order valence-electron chi connectivity index (χ4n) is 3.19. The van der Waals surface area contributed by atoms with Gasteiger partial charge in [0.2, 0.25) is 0 Å². The van der Waals surface area contributed by atoms with Crippen LogP contribution in [0.3, 0.4) is 0 Å². The summed E-state index contributed by atoms with van der Waals surface area (Å²) in [6.45, 7) is 2.14. The molecule has 0 saturated heterocycles. The highest BCUT2D eigenvalue weighted by molar-refractivity contribution is 5.73. The summed E-state index contributed by atoms with van der Waals surface area (Å²) in [5.74, 6) is -0.452. The normalized spacial score (nSPS) is 12.2. The van der Waals surface area contributed by atoms with Gasteiger partial charge < -0.3 is 24.7 Å². The van der Waals surface area contributed by atoms with E-state index >= 15 is 0 Å². The Morgan fingerprint density at radius 1 is 0.848 bits per heavy atom. The summed E-state index contributed by atoms with van der Waals surface area (Å²) in [6, 6.07) is -0.669. The Labute approximate surface area is 200 Å². The highest BCUT2D eigenvalue weighted by Crippen LogP contribution is 2.09. The Bertz CT molecular complexity index is 547. The van der Waals surface area contributed by atoms with Gasteiger partial charge in [0.15, 0.2) is 0 Å². The molecule has 1 atom stereocenters. The summed E-state index contributed by atoms with van der Waals surface area (Å²) in [5.41, 5.74) is 0. The van der Waals surface area contributed by atoms with Gasteiger partial charge in [-0.05, 0) is 38.5 Å². The molecule has 0 aliphatic carbocycles. The number of aliphatic hydroxyl groups is 1. The van der Waals surface area contributed by atoms with Crippen molar-refractivity contribution in [3.05, 3.63) is 24.3 Å². The molecule has 0 aliphatic heterocycles. The Kier molecular flexibility index (Phi) is 22.9. The lowest BCUT2D eigenvalue weighted by atomic mass is 10.1. The molecule has 0 heterocycles. The van der Waals surface area contributed by atoms with Crippen LogP contribution in [0.15, 0.2) is 24.3 Å². The van der Waals surface area contributed by atoms with Crippen LogP contribution in [0.25, 0.3) is 0 Å². The molecule has 33 heavy (non-hydrogen) atoms. The van der Waals surface area contributed by atoms with Gasteiger partial charge in [0.05, 0.1) is 19.6 Å². The predicted octanol–water partition coefficient (Wildman–Crippen LogP) is 5.41. The zero-order valence-electron chi connectivity index (χ0n) is 20.5. The van der Waals surface area contributed by atoms with E-state index in [1.165, 1.54) is 44.9 Å². The Hall–Kier alpha value is -2.15. The molecule has 0 saturated carbocycles. The van der Waals surface area contributed by atoms with E-state index in [-0.39, 0.29) is 26.1 Å². The van der Waals surface area contributed by atoms with E-state index < -0.39 is 18.1 Å². The molecule has 1 amide bonds. The van der Waals surface area contributed by atoms with E-state index in [1.54, 1.807) is 0 Å². The second-order valence-corrected chi connectivity index (χ2v) is 8.11. The highest BCUT2D eigenvalue weighted by atomic mass is 16.6. The fraction of sp³-hybridized carbons (Fsp3) is 0.731. The van der Waals surface area contributed by atoms with Crippen molar-refractivity contribution in [2.24, 2.45) is 0 Å². The van der Waals surface area contributed by atoms with Crippen LogP contribution < -0.4 is 5.32 Å². The largest absolute Gasteiger partial charge is 0.466 e. The molecular weight excluding hydrogens is 422 g/mol. The number of carbonyl (C=O) groups is 3. The lowest BCUT2D eigenvalue weighted by Crippen LogP contribution is -2.38. The number of nitrogens with one attached hydrogen (secondary N) is 1. The molecule has 0 bridgehead atoms. The molecule has 0 fully saturated rings. The lowest BCUT2D eigenvalue weighted by molar-refractivity contribution is -0.144. The molecule has 1 unspecified atom stereocenters. The number of aldehydes is 1. The topological polar surface area (TPSA) is 102 Å². The number of amides is 1. The number of allylic oxidation sites excluding steroid dienone is 4. The molecule has 2 N–H and O–H groups in total. The van der Waals surface area contributed by atoms with Crippen molar-refractivity contribution in [3.8, 4) is 0 Å². The van der Waals surface area contributed by atoms with E-state index in [4.69, 9.17) is 9.84 Å². The first kappa shape index (κ1) is 30.9. The number of rotatable bonds is 22. The van der Waals surface area contributed by atoms with E-state index in [2.05, 4.69) is 41.3 Å². The van der Waals surface area contributed by atoms with Crippen molar-refractivity contribution >= 4 is 18.3 Å². The van der Waals surface area contributed by atoms with Crippen molar-refractivity contribution in [2.75, 3.05) is 19.8 Å². The number of alkyl carbamates (subject to hydrolysis) is 1. The average molecular weight is 468 g/mol. The second kappa shape index (κ2) is 24.5. The maximum atomic E-state index is 11.9. The molecule has 7 heteroatoms. The average Bonchev–Trinajstić information content (AvgIpc) is 2.79. The Morgan fingerprint density at radius 2 is 1.48 bits per heavy atom. The Morgan fingerprint density at radius 3 is 2.12 bits per heavy atom. The molecular formula is C26H45NO6. The first-order valence-electron chi connectivity index (χ1n) is 12.6. The van der Waals surface area contributed by atoms with Crippen LogP contribution >= 0.6 is 0 Å². The van der Waals surface area contributed by atoms with E-state index in [0.717, 1.165) is 32.1 Å². The van der Waals surface area contributed by atoms with Crippen LogP contribution in [0.5, 0.6) is 0 Å². The summed E-state index contributed by atoms with van der Waals surface area (Å²) in [4.78, 5) is 34.1. The first-order chi connectivity index (χ1) is 16.1. The van der Waals surface area contributed by atoms with Crippen LogP contribution in [0.2, 0.25) is 0 Å². The first-order valence-corrected chi connectivity index (χ1v) is 12.6. The number of aliphatic hydroxyl groups excluding tert-OH is 1. The minimum atomic E-state index is -0.770. The summed E-state index contributed by atoms with van der Waals surface area (Å²) in [5, 5.41) is 11.1. The maximum Gasteiger partial charge on any atom is 0.407 e. The van der Waals surface area contributed by atoms with Crippen LogP contribution in [-0.2, 0) is 19.1 Å². The third-order valence-electron chi connectivity index (χ3n) is 5.05. The number of hydrogen-bond acceptors (Lipinski definition) is 6. The highest BCUT2D eigenvalue weighted by Gasteiger charge is 2.17. The second-order valence-electron chi connectivity index (χ2n) is 8.11. The molecule has 0 aromatic carbocycles. The Balaban J connectivity index is 3.62. The van der Waals surface area contributed by atoms with Gasteiger partial charge in [0, 0.05) is 12.5 Å². The van der Waals surface area contributed by atoms with Crippen molar-refractivity contribution < 1.29 is 29.0 Å². The van der Waals surface area contributed by atoms with Gasteiger partial charge in [-0.15, -0.1) is 0 Å². The van der Waals surface area contributed by atoms with Gasteiger partial charge in [0.1, 0.15) is 12.9 Å².